The first-order valence-corrected chi connectivity index (χ1v) is 3.49. The Hall–Kier alpha value is -0.830. The minimum atomic E-state index is -0.994. The zero-order valence-electron chi connectivity index (χ0n) is 7.27. The van der Waals surface area contributed by atoms with E-state index < -0.39 is 5.60 Å². The second-order valence-corrected chi connectivity index (χ2v) is 2.96. The van der Waals surface area contributed by atoms with Gasteiger partial charge in [-0.25, -0.2) is 0 Å². The summed E-state index contributed by atoms with van der Waals surface area (Å²) in [6.45, 7) is 8.57. The van der Waals surface area contributed by atoms with Gasteiger partial charge in [0.05, 0.1) is 5.60 Å². The molecule has 1 atom stereocenters. The van der Waals surface area contributed by atoms with Crippen LogP contribution < -0.4 is 5.32 Å². The maximum atomic E-state index is 10.5. The molecule has 0 fully saturated rings. The first-order valence-electron chi connectivity index (χ1n) is 3.49. The minimum Gasteiger partial charge on any atom is -0.384 e. The summed E-state index contributed by atoms with van der Waals surface area (Å²) in [7, 11) is 0. The fourth-order valence-electron chi connectivity index (χ4n) is 0.447. The number of rotatable bonds is 3. The highest BCUT2D eigenvalue weighted by molar-refractivity contribution is 5.72. The number of aliphatic hydroxyl groups is 1. The molecule has 0 aliphatic carbocycles. The highest BCUT2D eigenvalue weighted by Gasteiger charge is 2.20. The minimum absolute atomic E-state index is 0.147. The van der Waals surface area contributed by atoms with E-state index in [1.165, 1.54) is 6.92 Å². The predicted molar refractivity (Wildman–Crippen MR) is 44.1 cm³/mol. The van der Waals surface area contributed by atoms with Crippen LogP contribution >= 0.6 is 0 Å². The zero-order valence-corrected chi connectivity index (χ0v) is 7.27. The quantitative estimate of drug-likeness (QED) is 0.584. The van der Waals surface area contributed by atoms with E-state index in [4.69, 9.17) is 0 Å². The van der Waals surface area contributed by atoms with Crippen LogP contribution in [-0.2, 0) is 4.79 Å². The van der Waals surface area contributed by atoms with Gasteiger partial charge in [-0.15, -0.1) is 0 Å². The molecule has 11 heavy (non-hydrogen) atoms. The van der Waals surface area contributed by atoms with Crippen molar-refractivity contribution in [1.29, 1.82) is 0 Å². The average molecular weight is 157 g/mol. The van der Waals surface area contributed by atoms with Crippen LogP contribution in [0.5, 0.6) is 0 Å². The number of amides is 1. The normalized spacial score (nSPS) is 15.3. The highest BCUT2D eigenvalue weighted by Crippen LogP contribution is 2.11. The van der Waals surface area contributed by atoms with Crippen LogP contribution in [0.3, 0.4) is 0 Å². The van der Waals surface area contributed by atoms with E-state index >= 15 is 0 Å². The van der Waals surface area contributed by atoms with E-state index in [9.17, 15) is 9.90 Å². The van der Waals surface area contributed by atoms with Crippen LogP contribution in [0, 0.1) is 0 Å². The third-order valence-electron chi connectivity index (χ3n) is 1.60. The van der Waals surface area contributed by atoms with E-state index in [0.717, 1.165) is 0 Å². The van der Waals surface area contributed by atoms with E-state index in [2.05, 4.69) is 11.9 Å². The van der Waals surface area contributed by atoms with Crippen molar-refractivity contribution in [2.45, 2.75) is 26.4 Å². The third kappa shape index (κ3) is 3.78. The summed E-state index contributed by atoms with van der Waals surface area (Å²) in [4.78, 5) is 10.5. The lowest BCUT2D eigenvalue weighted by Gasteiger charge is -2.23. The molecule has 0 aromatic rings. The van der Waals surface area contributed by atoms with Gasteiger partial charge in [-0.2, -0.15) is 0 Å². The largest absolute Gasteiger partial charge is 0.384 e. The molecule has 2 N–H and O–H groups in total. The molecule has 0 radical (unpaired) electrons. The molecule has 0 heterocycles. The molecule has 64 valence electrons. The molecule has 1 amide bonds. The van der Waals surface area contributed by atoms with E-state index in [-0.39, 0.29) is 12.5 Å². The molecule has 0 bridgehead atoms. The van der Waals surface area contributed by atoms with Gasteiger partial charge in [0.1, 0.15) is 0 Å². The van der Waals surface area contributed by atoms with Crippen molar-refractivity contribution in [3.8, 4) is 0 Å². The van der Waals surface area contributed by atoms with Gasteiger partial charge in [0.25, 0.3) is 0 Å². The second kappa shape index (κ2) is 3.53. The Morgan fingerprint density at radius 2 is 2.09 bits per heavy atom. The zero-order chi connectivity index (χ0) is 9.07. The van der Waals surface area contributed by atoms with Crippen molar-refractivity contribution >= 4 is 5.91 Å². The van der Waals surface area contributed by atoms with Crippen LogP contribution in [0.4, 0.5) is 0 Å². The lowest BCUT2D eigenvalue weighted by atomic mass is 9.99. The summed E-state index contributed by atoms with van der Waals surface area (Å²) in [6.07, 6.45) is 0. The molecular formula is C8H15NO2. The summed E-state index contributed by atoms with van der Waals surface area (Å²) < 4.78 is 0. The molecule has 0 rings (SSSR count). The Bertz CT molecular complexity index is 173. The summed E-state index contributed by atoms with van der Waals surface area (Å²) in [5, 5.41) is 12.0. The Labute approximate surface area is 67.1 Å². The summed E-state index contributed by atoms with van der Waals surface area (Å²) in [5.41, 5.74) is -0.350. The summed E-state index contributed by atoms with van der Waals surface area (Å²) in [5.74, 6) is -0.147. The molecule has 0 spiro atoms. The molecule has 0 saturated carbocycles. The second-order valence-electron chi connectivity index (χ2n) is 2.96. The maximum absolute atomic E-state index is 10.5. The van der Waals surface area contributed by atoms with Crippen LogP contribution in [0.25, 0.3) is 0 Å². The number of carbonyl (C=O) groups excluding carboxylic acids is 1. The van der Waals surface area contributed by atoms with Crippen LogP contribution in [0.15, 0.2) is 12.2 Å². The molecule has 0 aliphatic rings. The Morgan fingerprint density at radius 1 is 1.64 bits per heavy atom. The summed E-state index contributed by atoms with van der Waals surface area (Å²) in [6, 6.07) is 0. The number of carbonyl (C=O) groups is 1. The van der Waals surface area contributed by atoms with Gasteiger partial charge in [0.2, 0.25) is 5.91 Å². The first-order chi connectivity index (χ1) is 4.86. The van der Waals surface area contributed by atoms with Crippen molar-refractivity contribution in [3.63, 3.8) is 0 Å². The van der Waals surface area contributed by atoms with Crippen molar-refractivity contribution < 1.29 is 9.90 Å². The third-order valence-corrected chi connectivity index (χ3v) is 1.60. The molecule has 0 aliphatic heterocycles. The van der Waals surface area contributed by atoms with Crippen molar-refractivity contribution in [2.24, 2.45) is 0 Å². The molecule has 3 nitrogen and oxygen atoms in total. The maximum Gasteiger partial charge on any atom is 0.216 e. The van der Waals surface area contributed by atoms with E-state index in [1.807, 2.05) is 0 Å². The topological polar surface area (TPSA) is 49.3 Å². The number of nitrogens with one attached hydrogen (secondary N) is 1. The number of hydrogen-bond acceptors (Lipinski definition) is 2. The molecule has 0 saturated heterocycles. The Balaban J connectivity index is 3.92. The molecule has 1 unspecified atom stereocenters. The van der Waals surface area contributed by atoms with E-state index in [1.54, 1.807) is 13.8 Å². The van der Waals surface area contributed by atoms with Crippen molar-refractivity contribution in [1.82, 2.24) is 5.32 Å². The van der Waals surface area contributed by atoms with Gasteiger partial charge < -0.3 is 10.4 Å². The van der Waals surface area contributed by atoms with Gasteiger partial charge in [0, 0.05) is 13.5 Å². The van der Waals surface area contributed by atoms with Gasteiger partial charge in [-0.3, -0.25) is 4.79 Å². The summed E-state index contributed by atoms with van der Waals surface area (Å²) >= 11 is 0. The van der Waals surface area contributed by atoms with Gasteiger partial charge in [0.15, 0.2) is 0 Å². The fraction of sp³-hybridized carbons (Fsp3) is 0.625. The highest BCUT2D eigenvalue weighted by atomic mass is 16.3. The van der Waals surface area contributed by atoms with Crippen molar-refractivity contribution in [3.05, 3.63) is 12.2 Å². The van der Waals surface area contributed by atoms with Crippen LogP contribution in [0.2, 0.25) is 0 Å². The Kier molecular flexibility index (Phi) is 3.26. The van der Waals surface area contributed by atoms with E-state index in [0.29, 0.717) is 5.57 Å². The SMILES string of the molecule is C=C(C)C(C)(O)CNC(C)=O. The van der Waals surface area contributed by atoms with Gasteiger partial charge >= 0.3 is 0 Å². The molecular weight excluding hydrogens is 142 g/mol. The standard InChI is InChI=1S/C8H15NO2/c1-6(2)8(4,11)5-9-7(3)10/h11H,1,5H2,2-4H3,(H,9,10). The van der Waals surface area contributed by atoms with Gasteiger partial charge in [-0.1, -0.05) is 6.58 Å². The molecule has 0 aromatic carbocycles. The molecule has 0 aromatic heterocycles. The molecule has 3 heteroatoms. The van der Waals surface area contributed by atoms with Crippen molar-refractivity contribution in [2.75, 3.05) is 6.54 Å². The fourth-order valence-corrected chi connectivity index (χ4v) is 0.447. The van der Waals surface area contributed by atoms with Gasteiger partial charge in [-0.05, 0) is 19.4 Å². The first kappa shape index (κ1) is 10.2. The lowest BCUT2D eigenvalue weighted by Crippen LogP contribution is -2.40. The average Bonchev–Trinajstić information content (AvgIpc) is 1.84. The number of hydrogen-bond donors (Lipinski definition) is 2. The predicted octanol–water partition coefficient (Wildman–Crippen LogP) is 0.450. The van der Waals surface area contributed by atoms with Crippen LogP contribution in [-0.4, -0.2) is 23.2 Å². The monoisotopic (exact) mass is 157 g/mol. The lowest BCUT2D eigenvalue weighted by molar-refractivity contribution is -0.119. The van der Waals surface area contributed by atoms with Crippen LogP contribution in [0.1, 0.15) is 20.8 Å². The Morgan fingerprint density at radius 3 is 2.36 bits per heavy atom. The smallest absolute Gasteiger partial charge is 0.216 e.